The van der Waals surface area contributed by atoms with E-state index in [4.69, 9.17) is 11.6 Å². The van der Waals surface area contributed by atoms with E-state index in [-0.39, 0.29) is 12.4 Å². The Kier molecular flexibility index (Phi) is 4.53. The summed E-state index contributed by atoms with van der Waals surface area (Å²) in [4.78, 5) is 12.3. The molecule has 28 heavy (non-hydrogen) atoms. The lowest BCUT2D eigenvalue weighted by atomic mass is 10.2. The molecular weight excluding hydrogens is 398 g/mol. The minimum Gasteiger partial charge on any atom is -0.308 e. The minimum absolute atomic E-state index is 0.126. The molecule has 2 heterocycles. The third-order valence-corrected chi connectivity index (χ3v) is 5.05. The van der Waals surface area contributed by atoms with Gasteiger partial charge in [-0.05, 0) is 55.2 Å². The molecule has 4 nitrogen and oxygen atoms in total. The van der Waals surface area contributed by atoms with Crippen LogP contribution in [0.2, 0.25) is 5.02 Å². The fourth-order valence-electron chi connectivity index (χ4n) is 3.47. The van der Waals surface area contributed by atoms with Crippen molar-refractivity contribution in [1.29, 1.82) is 0 Å². The maximum atomic E-state index is 13.2. The Labute approximate surface area is 162 Å². The third kappa shape index (κ3) is 3.32. The second kappa shape index (κ2) is 6.77. The molecule has 0 spiro atoms. The summed E-state index contributed by atoms with van der Waals surface area (Å²) in [5.74, 6) is -0.377. The first-order chi connectivity index (χ1) is 13.2. The van der Waals surface area contributed by atoms with E-state index in [2.05, 4.69) is 5.10 Å². The Balaban J connectivity index is 1.78. The Morgan fingerprint density at radius 2 is 1.86 bits per heavy atom. The van der Waals surface area contributed by atoms with Crippen LogP contribution in [0, 0.1) is 5.82 Å². The van der Waals surface area contributed by atoms with E-state index < -0.39 is 22.3 Å². The molecule has 0 unspecified atom stereocenters. The van der Waals surface area contributed by atoms with Gasteiger partial charge in [0, 0.05) is 11.9 Å². The average molecular weight is 412 g/mol. The summed E-state index contributed by atoms with van der Waals surface area (Å²) < 4.78 is 55.0. The zero-order chi connectivity index (χ0) is 20.1. The number of pyridine rings is 1. The van der Waals surface area contributed by atoms with Gasteiger partial charge in [-0.25, -0.2) is 9.07 Å². The van der Waals surface area contributed by atoms with E-state index in [0.717, 1.165) is 34.9 Å². The first-order valence-corrected chi connectivity index (χ1v) is 8.94. The topological polar surface area (TPSA) is 39.8 Å². The lowest BCUT2D eigenvalue weighted by molar-refractivity contribution is -0.138. The van der Waals surface area contributed by atoms with Crippen LogP contribution in [0.4, 0.5) is 17.6 Å². The van der Waals surface area contributed by atoms with Gasteiger partial charge in [-0.3, -0.25) is 4.79 Å². The van der Waals surface area contributed by atoms with Crippen LogP contribution in [0.5, 0.6) is 0 Å². The van der Waals surface area contributed by atoms with Crippen molar-refractivity contribution in [3.05, 3.63) is 80.2 Å². The predicted molar refractivity (Wildman–Crippen MR) is 95.4 cm³/mol. The Bertz CT molecular complexity index is 1100. The molecule has 3 aromatic rings. The molecule has 146 valence electrons. The van der Waals surface area contributed by atoms with Gasteiger partial charge in [-0.15, -0.1) is 0 Å². The van der Waals surface area contributed by atoms with Crippen LogP contribution < -0.4 is 5.56 Å². The van der Waals surface area contributed by atoms with E-state index in [1.54, 1.807) is 16.8 Å². The van der Waals surface area contributed by atoms with Gasteiger partial charge in [0.1, 0.15) is 10.8 Å². The molecule has 0 saturated carbocycles. The van der Waals surface area contributed by atoms with Gasteiger partial charge in [-0.1, -0.05) is 11.6 Å². The van der Waals surface area contributed by atoms with E-state index in [0.29, 0.717) is 23.9 Å². The summed E-state index contributed by atoms with van der Waals surface area (Å²) in [6, 6.07) is 6.42. The fourth-order valence-corrected chi connectivity index (χ4v) is 3.70. The van der Waals surface area contributed by atoms with Crippen molar-refractivity contribution in [3.63, 3.8) is 0 Å². The largest absolute Gasteiger partial charge is 0.417 e. The molecule has 0 radical (unpaired) electrons. The maximum absolute atomic E-state index is 13.2. The molecule has 4 rings (SSSR count). The number of halogens is 5. The zero-order valence-electron chi connectivity index (χ0n) is 14.4. The normalized spacial score (nSPS) is 13.8. The molecule has 1 aliphatic carbocycles. The van der Waals surface area contributed by atoms with Crippen LogP contribution in [-0.2, 0) is 25.6 Å². The maximum Gasteiger partial charge on any atom is 0.417 e. The van der Waals surface area contributed by atoms with Crippen molar-refractivity contribution >= 4 is 11.6 Å². The molecular formula is C19H14ClF4N3O. The highest BCUT2D eigenvalue weighted by Gasteiger charge is 2.32. The molecule has 1 aliphatic rings. The average Bonchev–Trinajstić information content (AvgIpc) is 3.22. The van der Waals surface area contributed by atoms with Crippen LogP contribution in [0.15, 0.2) is 41.3 Å². The number of nitrogens with zero attached hydrogens (tertiary/aromatic N) is 3. The van der Waals surface area contributed by atoms with E-state index in [1.807, 2.05) is 0 Å². The Hall–Kier alpha value is -2.61. The fraction of sp³-hybridized carbons (Fsp3) is 0.263. The van der Waals surface area contributed by atoms with Crippen molar-refractivity contribution in [2.75, 3.05) is 0 Å². The zero-order valence-corrected chi connectivity index (χ0v) is 15.2. The van der Waals surface area contributed by atoms with Crippen molar-refractivity contribution in [3.8, 4) is 5.69 Å². The van der Waals surface area contributed by atoms with Gasteiger partial charge < -0.3 is 4.57 Å². The molecule has 0 saturated heterocycles. The smallest absolute Gasteiger partial charge is 0.308 e. The molecule has 0 fully saturated rings. The summed E-state index contributed by atoms with van der Waals surface area (Å²) in [5, 5.41) is 4.00. The molecule has 1 aromatic carbocycles. The van der Waals surface area contributed by atoms with Crippen LogP contribution in [0.1, 0.15) is 28.9 Å². The van der Waals surface area contributed by atoms with Gasteiger partial charge in [0.25, 0.3) is 5.56 Å². The number of benzene rings is 1. The number of fused-ring (bicyclic) bond motifs is 1. The quantitative estimate of drug-likeness (QED) is 0.600. The minimum atomic E-state index is -4.62. The number of aromatic nitrogens is 3. The first-order valence-electron chi connectivity index (χ1n) is 8.57. The Morgan fingerprint density at radius 3 is 2.54 bits per heavy atom. The second-order valence-corrected chi connectivity index (χ2v) is 7.03. The first kappa shape index (κ1) is 18.7. The van der Waals surface area contributed by atoms with Crippen molar-refractivity contribution in [2.24, 2.45) is 0 Å². The molecule has 9 heteroatoms. The predicted octanol–water partition coefficient (Wildman–Crippen LogP) is 4.38. The third-order valence-electron chi connectivity index (χ3n) is 4.77. The van der Waals surface area contributed by atoms with E-state index >= 15 is 0 Å². The number of alkyl halides is 3. The summed E-state index contributed by atoms with van der Waals surface area (Å²) in [6.07, 6.45) is -1.52. The number of hydrogen-bond donors (Lipinski definition) is 0. The molecule has 0 aliphatic heterocycles. The van der Waals surface area contributed by atoms with Gasteiger partial charge in [0.15, 0.2) is 0 Å². The molecule has 0 atom stereocenters. The summed E-state index contributed by atoms with van der Waals surface area (Å²) >= 11 is 5.73. The van der Waals surface area contributed by atoms with Crippen LogP contribution in [0.3, 0.4) is 0 Å². The van der Waals surface area contributed by atoms with Gasteiger partial charge >= 0.3 is 6.18 Å². The molecule has 0 N–H and O–H groups in total. The van der Waals surface area contributed by atoms with Gasteiger partial charge in [0.2, 0.25) is 0 Å². The second-order valence-electron chi connectivity index (χ2n) is 6.62. The van der Waals surface area contributed by atoms with Crippen LogP contribution in [-0.4, -0.2) is 14.3 Å². The van der Waals surface area contributed by atoms with Crippen molar-refractivity contribution in [2.45, 2.75) is 32.0 Å². The standard InChI is InChI=1S/C19H14ClF4N3O/c20-15-8-11(19(22,23)24)9-26(18(15)28)10-16-14-2-1-3-17(14)27(25-16)13-6-4-12(21)5-7-13/h4-9H,1-3,10H2. The van der Waals surface area contributed by atoms with E-state index in [1.165, 1.54) is 12.1 Å². The van der Waals surface area contributed by atoms with Crippen LogP contribution >= 0.6 is 11.6 Å². The summed E-state index contributed by atoms with van der Waals surface area (Å²) in [7, 11) is 0. The van der Waals surface area contributed by atoms with Gasteiger partial charge in [-0.2, -0.15) is 18.3 Å². The van der Waals surface area contributed by atoms with E-state index in [9.17, 15) is 22.4 Å². The lowest BCUT2D eigenvalue weighted by Gasteiger charge is -2.11. The Morgan fingerprint density at radius 1 is 1.14 bits per heavy atom. The highest BCUT2D eigenvalue weighted by molar-refractivity contribution is 6.30. The number of hydrogen-bond acceptors (Lipinski definition) is 2. The molecule has 0 bridgehead atoms. The highest BCUT2D eigenvalue weighted by Crippen LogP contribution is 2.31. The summed E-state index contributed by atoms with van der Waals surface area (Å²) in [5.41, 5.74) is 1.29. The highest BCUT2D eigenvalue weighted by atomic mass is 35.5. The monoisotopic (exact) mass is 411 g/mol. The molecule has 0 amide bonds. The SMILES string of the molecule is O=c1c(Cl)cc(C(F)(F)F)cn1Cc1nn(-c2ccc(F)cc2)c2c1CCC2. The van der Waals surface area contributed by atoms with Crippen molar-refractivity contribution in [1.82, 2.24) is 14.3 Å². The van der Waals surface area contributed by atoms with Gasteiger partial charge in [0.05, 0.1) is 23.5 Å². The molecule has 2 aromatic heterocycles. The van der Waals surface area contributed by atoms with Crippen LogP contribution in [0.25, 0.3) is 5.69 Å². The van der Waals surface area contributed by atoms with Crippen molar-refractivity contribution < 1.29 is 17.6 Å². The number of rotatable bonds is 3. The summed E-state index contributed by atoms with van der Waals surface area (Å²) in [6.45, 7) is -0.126. The lowest BCUT2D eigenvalue weighted by Crippen LogP contribution is -2.24.